The Hall–Kier alpha value is -6.56. The summed E-state index contributed by atoms with van der Waals surface area (Å²) in [5.41, 5.74) is -5.61. The van der Waals surface area contributed by atoms with Crippen LogP contribution in [0.5, 0.6) is 0 Å². The average molecular weight is 576 g/mol. The first-order chi connectivity index (χ1) is 21.2. The van der Waals surface area contributed by atoms with E-state index in [0.717, 1.165) is 0 Å². The second kappa shape index (κ2) is 6.27. The molecule has 0 radical (unpaired) electrons. The fraction of sp³-hybridized carbons (Fsp3) is 0. The quantitative estimate of drug-likeness (QED) is 0.154. The lowest BCUT2D eigenvalue weighted by Crippen LogP contribution is -2.21. The van der Waals surface area contributed by atoms with Crippen LogP contribution in [-0.2, 0) is 0 Å². The first-order valence-corrected chi connectivity index (χ1v) is 13.4. The molecule has 11 aromatic rings. The molecule has 11 rings (SSSR count). The number of H-pyrrole nitrogens is 4. The number of rotatable bonds is 0. The summed E-state index contributed by atoms with van der Waals surface area (Å²) in [6.45, 7) is 0. The van der Waals surface area contributed by atoms with Crippen LogP contribution in [0.15, 0.2) is 62.6 Å². The molecule has 204 valence electrons. The minimum Gasteiger partial charge on any atom is -0.288 e. The van der Waals surface area contributed by atoms with E-state index in [1.54, 1.807) is 0 Å². The van der Waals surface area contributed by atoms with Gasteiger partial charge in [0.1, 0.15) is 0 Å². The van der Waals surface area contributed by atoms with E-state index in [-0.39, 0.29) is 64.6 Å². The molecule has 0 amide bonds. The maximum absolute atomic E-state index is 13.3. The molecule has 0 atom stereocenters. The van der Waals surface area contributed by atoms with Gasteiger partial charge in [0, 0.05) is 43.1 Å². The van der Waals surface area contributed by atoms with Gasteiger partial charge in [0.2, 0.25) is 0 Å². The molecule has 0 bridgehead atoms. The first kappa shape index (κ1) is 22.1. The highest BCUT2D eigenvalue weighted by atomic mass is 16.2. The molecule has 0 spiro atoms. The van der Waals surface area contributed by atoms with Crippen LogP contribution in [0.3, 0.4) is 0 Å². The van der Waals surface area contributed by atoms with E-state index in [1.165, 1.54) is 24.3 Å². The third-order valence-corrected chi connectivity index (χ3v) is 9.68. The Morgan fingerprint density at radius 1 is 0.227 bits per heavy atom. The largest absolute Gasteiger partial charge is 0.288 e. The SMILES string of the molecule is O=c1[nH]c(=O)c2cc3c4c(=O)[nH]c(=O)c4c4cc5c(=O)[nH]c(=O)c6cc7c8c(=O)[nH]c(=O)c8c8cc1c2c1c8c7c(c65)c4c31. The molecule has 4 heterocycles. The van der Waals surface area contributed by atoms with Gasteiger partial charge in [-0.05, 0) is 67.4 Å². The zero-order chi connectivity index (χ0) is 29.8. The Morgan fingerprint density at radius 3 is 0.705 bits per heavy atom. The molecule has 4 aromatic heterocycles. The minimum atomic E-state index is -0.703. The van der Waals surface area contributed by atoms with Crippen LogP contribution in [0.2, 0.25) is 0 Å². The van der Waals surface area contributed by atoms with Gasteiger partial charge in [-0.25, -0.2) is 0 Å². The third-order valence-electron chi connectivity index (χ3n) is 9.68. The van der Waals surface area contributed by atoms with Gasteiger partial charge in [-0.2, -0.15) is 0 Å². The van der Waals surface area contributed by atoms with Gasteiger partial charge in [0.25, 0.3) is 44.5 Å². The van der Waals surface area contributed by atoms with Gasteiger partial charge in [-0.15, -0.1) is 0 Å². The van der Waals surface area contributed by atoms with Crippen molar-refractivity contribution < 1.29 is 0 Å². The van der Waals surface area contributed by atoms with Crippen LogP contribution in [0, 0.1) is 0 Å². The summed E-state index contributed by atoms with van der Waals surface area (Å²) in [6.07, 6.45) is 0. The van der Waals surface area contributed by atoms with Crippen LogP contribution in [-0.4, -0.2) is 19.9 Å². The number of aromatic amines is 4. The Kier molecular flexibility index (Phi) is 3.15. The van der Waals surface area contributed by atoms with E-state index in [9.17, 15) is 38.4 Å². The lowest BCUT2D eigenvalue weighted by atomic mass is 9.78. The zero-order valence-corrected chi connectivity index (χ0v) is 21.6. The fourth-order valence-electron chi connectivity index (χ4n) is 8.23. The molecule has 7 aromatic carbocycles. The van der Waals surface area contributed by atoms with Crippen molar-refractivity contribution >= 4 is 108 Å². The number of aromatic nitrogens is 4. The molecule has 44 heavy (non-hydrogen) atoms. The van der Waals surface area contributed by atoms with Crippen molar-refractivity contribution in [1.82, 2.24) is 19.9 Å². The highest BCUT2D eigenvalue weighted by Gasteiger charge is 2.31. The zero-order valence-electron chi connectivity index (χ0n) is 21.6. The van der Waals surface area contributed by atoms with Crippen LogP contribution >= 0.6 is 0 Å². The second-order valence-corrected chi connectivity index (χ2v) is 11.5. The van der Waals surface area contributed by atoms with E-state index in [0.29, 0.717) is 43.1 Å². The molecule has 0 aliphatic rings. The van der Waals surface area contributed by atoms with Gasteiger partial charge in [-0.3, -0.25) is 58.3 Å². The highest BCUT2D eigenvalue weighted by molar-refractivity contribution is 6.54. The molecule has 4 N–H and O–H groups in total. The molecule has 0 aliphatic carbocycles. The van der Waals surface area contributed by atoms with Crippen LogP contribution in [0.25, 0.3) is 108 Å². The molecule has 0 saturated carbocycles. The Balaban J connectivity index is 1.77. The number of hydrogen-bond donors (Lipinski definition) is 4. The standard InChI is InChI=1S/C32H8N4O8/c37-25-9-1-5-15-16-6(20-19(5)29(41)35-30(20)42)3-11-14-12(28(40)34-27(11)39)4-8-18(24(14)16)17-7(21-22(8)32(44)36-31(21)43)2-10(26(38)33-25)13(9)23(15)17/h1-4H,(H,33,37,38)(H,34,39,40)(H,35,41,42)(H,36,43,44). The van der Waals surface area contributed by atoms with Crippen molar-refractivity contribution in [3.8, 4) is 0 Å². The van der Waals surface area contributed by atoms with Crippen molar-refractivity contribution in [2.75, 3.05) is 0 Å². The highest BCUT2D eigenvalue weighted by Crippen LogP contribution is 2.53. The third kappa shape index (κ3) is 1.99. The van der Waals surface area contributed by atoms with E-state index < -0.39 is 44.5 Å². The molecule has 0 fully saturated rings. The summed E-state index contributed by atoms with van der Waals surface area (Å²) in [6, 6.07) is 5.91. The van der Waals surface area contributed by atoms with E-state index in [4.69, 9.17) is 0 Å². The second-order valence-electron chi connectivity index (χ2n) is 11.5. The lowest BCUT2D eigenvalue weighted by Gasteiger charge is -2.23. The summed E-state index contributed by atoms with van der Waals surface area (Å²) in [5.74, 6) is 0. The van der Waals surface area contributed by atoms with Gasteiger partial charge < -0.3 is 0 Å². The van der Waals surface area contributed by atoms with Gasteiger partial charge >= 0.3 is 0 Å². The van der Waals surface area contributed by atoms with E-state index >= 15 is 0 Å². The Morgan fingerprint density at radius 2 is 0.455 bits per heavy atom. The summed E-state index contributed by atoms with van der Waals surface area (Å²) < 4.78 is 0. The van der Waals surface area contributed by atoms with Crippen molar-refractivity contribution in [1.29, 1.82) is 0 Å². The van der Waals surface area contributed by atoms with Gasteiger partial charge in [-0.1, -0.05) is 0 Å². The predicted octanol–water partition coefficient (Wildman–Crippen LogP) is 1.48. The number of fused-ring (bicyclic) bond motifs is 6. The van der Waals surface area contributed by atoms with Gasteiger partial charge in [0.15, 0.2) is 0 Å². The smallest absolute Gasteiger partial charge is 0.259 e. The Labute approximate surface area is 234 Å². The van der Waals surface area contributed by atoms with Crippen molar-refractivity contribution in [2.45, 2.75) is 0 Å². The minimum absolute atomic E-state index is 0.00248. The van der Waals surface area contributed by atoms with Gasteiger partial charge in [0.05, 0.1) is 21.5 Å². The number of hydrogen-bond acceptors (Lipinski definition) is 8. The predicted molar refractivity (Wildman–Crippen MR) is 167 cm³/mol. The number of benzene rings is 7. The average Bonchev–Trinajstić information content (AvgIpc) is 3.46. The molecule has 0 saturated heterocycles. The van der Waals surface area contributed by atoms with Crippen molar-refractivity contribution in [3.05, 3.63) is 107 Å². The summed E-state index contributed by atoms with van der Waals surface area (Å²) in [5, 5.41) is 4.51. The molecular formula is C32H8N4O8. The number of nitrogens with one attached hydrogen (secondary N) is 4. The van der Waals surface area contributed by atoms with Crippen molar-refractivity contribution in [3.63, 3.8) is 0 Å². The summed E-state index contributed by atoms with van der Waals surface area (Å²) in [7, 11) is 0. The fourth-order valence-corrected chi connectivity index (χ4v) is 8.23. The lowest BCUT2D eigenvalue weighted by molar-refractivity contribution is 1.22. The summed E-state index contributed by atoms with van der Waals surface area (Å²) in [4.78, 5) is 116. The normalized spacial score (nSPS) is 13.3. The Bertz CT molecular complexity index is 3200. The van der Waals surface area contributed by atoms with Crippen LogP contribution in [0.4, 0.5) is 0 Å². The maximum atomic E-state index is 13.3. The monoisotopic (exact) mass is 576 g/mol. The first-order valence-electron chi connectivity index (χ1n) is 13.4. The van der Waals surface area contributed by atoms with Crippen LogP contribution in [0.1, 0.15) is 0 Å². The maximum Gasteiger partial charge on any atom is 0.259 e. The molecule has 12 nitrogen and oxygen atoms in total. The molecule has 12 heteroatoms. The van der Waals surface area contributed by atoms with E-state index in [2.05, 4.69) is 19.9 Å². The molecule has 0 unspecified atom stereocenters. The van der Waals surface area contributed by atoms with Crippen molar-refractivity contribution in [2.24, 2.45) is 0 Å². The summed E-state index contributed by atoms with van der Waals surface area (Å²) >= 11 is 0. The number of pyridine rings is 2. The molecular weight excluding hydrogens is 568 g/mol. The van der Waals surface area contributed by atoms with E-state index in [1.807, 2.05) is 0 Å². The van der Waals surface area contributed by atoms with Crippen LogP contribution < -0.4 is 44.5 Å². The molecule has 0 aliphatic heterocycles. The topological polar surface area (TPSA) is 200 Å².